The second-order valence-electron chi connectivity index (χ2n) is 16.2. The minimum absolute atomic E-state index is 0.000996. The molecular formula is C46H39F6N9O4. The molecule has 0 saturated heterocycles. The number of alkyl halides is 6. The SMILES string of the molecule is CC1C=C(N2C(=O)N[C@H](c3ccc(C#N)cc3)C3=C2CN(CCNCCCN2CC4=C(C2=O)[C@@H](c2ccc(C#N)cc2)NC(=O)N4c2cccc(C(F)(F)F)c2)C3=O)C=C(C(F)(F)F)C1. The topological polar surface area (TPSA) is 165 Å². The highest BCUT2D eigenvalue weighted by molar-refractivity contribution is 6.07. The van der Waals surface area contributed by atoms with E-state index in [-0.39, 0.29) is 73.1 Å². The van der Waals surface area contributed by atoms with E-state index in [4.69, 9.17) is 0 Å². The molecule has 65 heavy (non-hydrogen) atoms. The fourth-order valence-electron chi connectivity index (χ4n) is 8.77. The normalized spacial score (nSPS) is 21.2. The number of nitrogens with zero attached hydrogens (tertiary/aromatic N) is 6. The van der Waals surface area contributed by atoms with Gasteiger partial charge < -0.3 is 25.8 Å². The van der Waals surface area contributed by atoms with Crippen LogP contribution in [0, 0.1) is 28.6 Å². The minimum atomic E-state index is -4.69. The average Bonchev–Trinajstić information content (AvgIpc) is 3.78. The van der Waals surface area contributed by atoms with Gasteiger partial charge in [-0.2, -0.15) is 36.9 Å². The fourth-order valence-corrected chi connectivity index (χ4v) is 8.77. The summed E-state index contributed by atoms with van der Waals surface area (Å²) in [5, 5.41) is 27.4. The molecule has 3 N–H and O–H groups in total. The molecular weight excluding hydrogens is 857 g/mol. The largest absolute Gasteiger partial charge is 0.416 e. The molecule has 0 saturated carbocycles. The van der Waals surface area contributed by atoms with Crippen molar-refractivity contribution in [1.29, 1.82) is 10.5 Å². The molecule has 19 heteroatoms. The molecule has 4 aliphatic heterocycles. The van der Waals surface area contributed by atoms with Gasteiger partial charge in [0.05, 0.1) is 82.2 Å². The Morgan fingerprint density at radius 2 is 1.25 bits per heavy atom. The summed E-state index contributed by atoms with van der Waals surface area (Å²) < 4.78 is 83.0. The highest BCUT2D eigenvalue weighted by Gasteiger charge is 2.47. The van der Waals surface area contributed by atoms with Crippen molar-refractivity contribution in [2.45, 2.75) is 44.2 Å². The van der Waals surface area contributed by atoms with Gasteiger partial charge in [0, 0.05) is 30.9 Å². The maximum Gasteiger partial charge on any atom is 0.416 e. The molecule has 0 spiro atoms. The van der Waals surface area contributed by atoms with Gasteiger partial charge in [0.2, 0.25) is 0 Å². The molecule has 0 aromatic heterocycles. The highest BCUT2D eigenvalue weighted by Crippen LogP contribution is 2.43. The van der Waals surface area contributed by atoms with Gasteiger partial charge in [0.15, 0.2) is 0 Å². The summed E-state index contributed by atoms with van der Waals surface area (Å²) in [4.78, 5) is 60.9. The van der Waals surface area contributed by atoms with Crippen LogP contribution in [0.15, 0.2) is 119 Å². The Bertz CT molecular complexity index is 2680. The lowest BCUT2D eigenvalue weighted by atomic mass is 9.91. The number of carbonyl (C=O) groups excluding carboxylic acids is 4. The van der Waals surface area contributed by atoms with Crippen LogP contribution in [0.2, 0.25) is 0 Å². The van der Waals surface area contributed by atoms with Crippen LogP contribution < -0.4 is 20.9 Å². The standard InChI is InChI=1S/C46H39F6N9O4/c1-26-18-32(46(50,51)52)21-34(19-26)61-36-25-59(42(63)38(36)40(57-44(61)65)30-12-8-28(23-54)9-13-30)17-15-55-14-3-16-58-24-35-37(41(58)62)39(29-10-6-27(22-53)7-11-29)56-43(64)60(35)33-5-2-4-31(20-33)45(47,48)49/h2,4-13,19-21,26,39-40,55H,3,14-18,24-25H2,1H3,(H,56,64)(H,57,65)/t26?,39-,40-/m1/s1. The van der Waals surface area contributed by atoms with E-state index >= 15 is 0 Å². The van der Waals surface area contributed by atoms with Gasteiger partial charge in [-0.25, -0.2) is 9.59 Å². The summed E-state index contributed by atoms with van der Waals surface area (Å²) >= 11 is 0. The number of allylic oxidation sites excluding steroid dienone is 3. The lowest BCUT2D eigenvalue weighted by molar-refractivity contribution is -0.137. The average molecular weight is 896 g/mol. The van der Waals surface area contributed by atoms with Gasteiger partial charge in [0.25, 0.3) is 11.8 Å². The fraction of sp³-hybridized carbons (Fsp3) is 0.304. The highest BCUT2D eigenvalue weighted by atomic mass is 19.4. The molecule has 334 valence electrons. The number of hydrogen-bond donors (Lipinski definition) is 3. The molecule has 5 aliphatic rings. The second-order valence-corrected chi connectivity index (χ2v) is 16.2. The zero-order valence-electron chi connectivity index (χ0n) is 34.6. The summed E-state index contributed by atoms with van der Waals surface area (Å²) in [7, 11) is 0. The number of benzene rings is 3. The summed E-state index contributed by atoms with van der Waals surface area (Å²) in [5.74, 6) is -1.42. The molecule has 13 nitrogen and oxygen atoms in total. The Morgan fingerprint density at radius 3 is 1.78 bits per heavy atom. The van der Waals surface area contributed by atoms with Crippen LogP contribution in [0.5, 0.6) is 0 Å². The number of halogens is 6. The second kappa shape index (κ2) is 17.3. The molecule has 0 fully saturated rings. The van der Waals surface area contributed by atoms with E-state index < -0.39 is 65.4 Å². The van der Waals surface area contributed by atoms with E-state index in [2.05, 4.69) is 16.0 Å². The van der Waals surface area contributed by atoms with Crippen molar-refractivity contribution in [3.63, 3.8) is 0 Å². The zero-order chi connectivity index (χ0) is 46.4. The zero-order valence-corrected chi connectivity index (χ0v) is 34.6. The first-order valence-electron chi connectivity index (χ1n) is 20.6. The van der Waals surface area contributed by atoms with Gasteiger partial charge in [-0.1, -0.05) is 43.3 Å². The minimum Gasteiger partial charge on any atom is -0.333 e. The molecule has 3 aromatic carbocycles. The van der Waals surface area contributed by atoms with Crippen molar-refractivity contribution < 1.29 is 45.5 Å². The molecule has 8 rings (SSSR count). The maximum absolute atomic E-state index is 14.1. The van der Waals surface area contributed by atoms with Crippen molar-refractivity contribution in [3.8, 4) is 12.1 Å². The summed E-state index contributed by atoms with van der Waals surface area (Å²) in [6, 6.07) is 17.5. The number of amides is 6. The number of anilines is 1. The quantitative estimate of drug-likeness (QED) is 0.137. The Labute approximate surface area is 368 Å². The lowest BCUT2D eigenvalue weighted by Gasteiger charge is -2.36. The number of rotatable bonds is 11. The van der Waals surface area contributed by atoms with Crippen LogP contribution in [0.3, 0.4) is 0 Å². The molecule has 4 heterocycles. The van der Waals surface area contributed by atoms with Crippen LogP contribution in [0.4, 0.5) is 41.6 Å². The van der Waals surface area contributed by atoms with Gasteiger partial charge >= 0.3 is 24.4 Å². The first-order chi connectivity index (χ1) is 31.0. The number of urea groups is 2. The number of hydrogen-bond acceptors (Lipinski definition) is 7. The molecule has 6 amide bonds. The maximum atomic E-state index is 14.1. The van der Waals surface area contributed by atoms with Crippen LogP contribution in [-0.4, -0.2) is 84.0 Å². The molecule has 3 atom stereocenters. The van der Waals surface area contributed by atoms with Crippen LogP contribution in [0.25, 0.3) is 0 Å². The monoisotopic (exact) mass is 895 g/mol. The molecule has 3 aromatic rings. The number of nitrogens with one attached hydrogen (secondary N) is 3. The van der Waals surface area contributed by atoms with Gasteiger partial charge in [-0.3, -0.25) is 19.4 Å². The van der Waals surface area contributed by atoms with E-state index in [1.165, 1.54) is 46.2 Å². The predicted octanol–water partition coefficient (Wildman–Crippen LogP) is 7.07. The van der Waals surface area contributed by atoms with Gasteiger partial charge in [-0.05, 0) is 85.0 Å². The lowest BCUT2D eigenvalue weighted by Crippen LogP contribution is -2.47. The Hall–Kier alpha value is -7.38. The van der Waals surface area contributed by atoms with Crippen LogP contribution in [0.1, 0.15) is 59.7 Å². The van der Waals surface area contributed by atoms with Crippen molar-refractivity contribution in [3.05, 3.63) is 147 Å². The molecule has 1 unspecified atom stereocenters. The third-order valence-electron chi connectivity index (χ3n) is 11.9. The summed E-state index contributed by atoms with van der Waals surface area (Å²) in [6.07, 6.45) is -6.70. The first-order valence-corrected chi connectivity index (χ1v) is 20.6. The number of nitriles is 2. The van der Waals surface area contributed by atoms with E-state index in [9.17, 15) is 56.0 Å². The molecule has 0 radical (unpaired) electrons. The third-order valence-corrected chi connectivity index (χ3v) is 11.9. The Balaban J connectivity index is 0.952. The van der Waals surface area contributed by atoms with Crippen LogP contribution in [-0.2, 0) is 15.8 Å². The van der Waals surface area contributed by atoms with E-state index in [1.54, 1.807) is 37.3 Å². The molecule has 0 bridgehead atoms. The molecule has 1 aliphatic carbocycles. The third kappa shape index (κ3) is 8.67. The smallest absolute Gasteiger partial charge is 0.333 e. The van der Waals surface area contributed by atoms with Gasteiger partial charge in [0.1, 0.15) is 0 Å². The first kappa shape index (κ1) is 44.2. The summed E-state index contributed by atoms with van der Waals surface area (Å²) in [5.41, 5.74) is 0.669. The van der Waals surface area contributed by atoms with E-state index in [0.29, 0.717) is 35.2 Å². The predicted molar refractivity (Wildman–Crippen MR) is 221 cm³/mol. The number of carbonyl (C=O) groups is 4. The van der Waals surface area contributed by atoms with E-state index in [0.717, 1.165) is 28.0 Å². The van der Waals surface area contributed by atoms with Crippen molar-refractivity contribution in [2.75, 3.05) is 44.2 Å². The van der Waals surface area contributed by atoms with Crippen molar-refractivity contribution >= 4 is 29.6 Å². The van der Waals surface area contributed by atoms with Crippen molar-refractivity contribution in [2.24, 2.45) is 5.92 Å². The van der Waals surface area contributed by atoms with Crippen LogP contribution >= 0.6 is 0 Å². The van der Waals surface area contributed by atoms with Crippen molar-refractivity contribution in [1.82, 2.24) is 30.7 Å². The van der Waals surface area contributed by atoms with Gasteiger partial charge in [-0.15, -0.1) is 0 Å². The Kier molecular flexibility index (Phi) is 11.8. The summed E-state index contributed by atoms with van der Waals surface area (Å²) in [6.45, 7) is 2.36. The van der Waals surface area contributed by atoms with E-state index in [1.807, 2.05) is 12.1 Å². The Morgan fingerprint density at radius 1 is 0.708 bits per heavy atom.